The molecule has 0 fully saturated rings. The molecule has 0 saturated carbocycles. The Kier molecular flexibility index (Phi) is 8.66. The molecule has 1 unspecified atom stereocenters. The van der Waals surface area contributed by atoms with Gasteiger partial charge in [-0.1, -0.05) is 19.8 Å². The van der Waals surface area contributed by atoms with Gasteiger partial charge in [0.1, 0.15) is 5.60 Å². The van der Waals surface area contributed by atoms with E-state index in [1.807, 2.05) is 0 Å². The monoisotopic (exact) mass is 504 g/mol. The maximum absolute atomic E-state index is 14.1. The Hall–Kier alpha value is -1.44. The molecule has 32 heavy (non-hydrogen) atoms. The lowest BCUT2D eigenvalue weighted by Gasteiger charge is -2.40. The first kappa shape index (κ1) is 30.6. The minimum Gasteiger partial charge on any atom is -0.460 e. The zero-order valence-corrected chi connectivity index (χ0v) is 17.1. The van der Waals surface area contributed by atoms with Crippen molar-refractivity contribution in [2.75, 3.05) is 0 Å². The van der Waals surface area contributed by atoms with E-state index in [1.54, 1.807) is 0 Å². The van der Waals surface area contributed by atoms with Gasteiger partial charge in [-0.25, -0.2) is 0 Å². The zero-order valence-electron chi connectivity index (χ0n) is 17.1. The normalized spacial score (nSPS) is 16.2. The van der Waals surface area contributed by atoms with E-state index in [1.165, 1.54) is 27.7 Å². The molecule has 0 aromatic carbocycles. The van der Waals surface area contributed by atoms with Gasteiger partial charge in [0, 0.05) is 6.42 Å². The van der Waals surface area contributed by atoms with Gasteiger partial charge in [0.2, 0.25) is 0 Å². The van der Waals surface area contributed by atoms with Gasteiger partial charge in [0.15, 0.2) is 0 Å². The maximum atomic E-state index is 14.1. The fraction of sp³-hybridized carbons (Fsp3) is 0.941. The summed E-state index contributed by atoms with van der Waals surface area (Å²) < 4.78 is 176. The minimum absolute atomic E-state index is 0.121. The third-order valence-electron chi connectivity index (χ3n) is 4.15. The molecule has 0 spiro atoms. The van der Waals surface area contributed by atoms with E-state index >= 15 is 0 Å². The highest BCUT2D eigenvalue weighted by molar-refractivity contribution is 5.73. The molecule has 0 aliphatic heterocycles. The Morgan fingerprint density at radius 3 is 1.47 bits per heavy atom. The fourth-order valence-corrected chi connectivity index (χ4v) is 2.38. The van der Waals surface area contributed by atoms with Crippen LogP contribution < -0.4 is 0 Å². The topological polar surface area (TPSA) is 26.3 Å². The Morgan fingerprint density at radius 2 is 1.12 bits per heavy atom. The Morgan fingerprint density at radius 1 is 0.719 bits per heavy atom. The van der Waals surface area contributed by atoms with Gasteiger partial charge in [0.25, 0.3) is 0 Å². The molecule has 0 N–H and O–H groups in total. The van der Waals surface area contributed by atoms with E-state index < -0.39 is 66.1 Å². The Balaban J connectivity index is 6.25. The molecule has 0 aromatic rings. The minimum atomic E-state index is -7.96. The van der Waals surface area contributed by atoms with Gasteiger partial charge >= 0.3 is 41.8 Å². The molecule has 0 saturated heterocycles. The second-order valence-electron chi connectivity index (χ2n) is 8.08. The molecule has 0 rings (SSSR count). The van der Waals surface area contributed by atoms with Crippen molar-refractivity contribution in [3.8, 4) is 0 Å². The molecule has 0 heterocycles. The Bertz CT molecular complexity index is 648. The van der Waals surface area contributed by atoms with E-state index in [4.69, 9.17) is 0 Å². The number of rotatable bonds is 10. The van der Waals surface area contributed by atoms with Crippen molar-refractivity contribution >= 4 is 5.97 Å². The van der Waals surface area contributed by atoms with Crippen LogP contribution in [0.15, 0.2) is 0 Å². The highest BCUT2D eigenvalue weighted by atomic mass is 19.4. The molecule has 0 bridgehead atoms. The second kappa shape index (κ2) is 9.07. The lowest BCUT2D eigenvalue weighted by molar-refractivity contribution is -0.440. The Labute approximate surface area is 174 Å². The third-order valence-corrected chi connectivity index (χ3v) is 4.15. The number of hydrogen-bond acceptors (Lipinski definition) is 2. The molecule has 1 atom stereocenters. The number of hydrogen-bond donors (Lipinski definition) is 0. The van der Waals surface area contributed by atoms with Crippen LogP contribution in [-0.2, 0) is 9.53 Å². The number of unbranched alkanes of at least 4 members (excludes halogenated alkanes) is 1. The molecule has 192 valence electrons. The van der Waals surface area contributed by atoms with Crippen molar-refractivity contribution in [3.63, 3.8) is 0 Å². The lowest BCUT2D eigenvalue weighted by atomic mass is 9.87. The van der Waals surface area contributed by atoms with E-state index in [-0.39, 0.29) is 12.8 Å². The number of alkyl halides is 13. The van der Waals surface area contributed by atoms with Gasteiger partial charge in [-0.05, 0) is 27.2 Å². The SMILES string of the molecule is CCCCC(CC(F)(F)C(F)(F)C(F)(F)C(F)(F)C(F)(F)C(F)(F)F)C(=O)OC(C)(C)C. The smallest absolute Gasteiger partial charge is 0.460 e. The molecule has 0 radical (unpaired) electrons. The van der Waals surface area contributed by atoms with Crippen molar-refractivity contribution in [3.05, 3.63) is 0 Å². The number of halogens is 13. The molecule has 0 amide bonds. The van der Waals surface area contributed by atoms with E-state index in [2.05, 4.69) is 4.74 Å². The van der Waals surface area contributed by atoms with Gasteiger partial charge in [-0.15, -0.1) is 0 Å². The maximum Gasteiger partial charge on any atom is 0.460 e. The standard InChI is InChI=1S/C17H21F13O2/c1-5-6-7-9(10(31)32-11(2,3)4)8-12(18,19)13(20,21)14(22,23)15(24,25)16(26,27)17(28,29)30/h9H,5-8H2,1-4H3. The van der Waals surface area contributed by atoms with Crippen molar-refractivity contribution in [1.29, 1.82) is 0 Å². The van der Waals surface area contributed by atoms with Crippen molar-refractivity contribution < 1.29 is 66.6 Å². The van der Waals surface area contributed by atoms with Crippen LogP contribution in [0.1, 0.15) is 53.4 Å². The predicted octanol–water partition coefficient (Wildman–Crippen LogP) is 7.26. The van der Waals surface area contributed by atoms with Crippen LogP contribution >= 0.6 is 0 Å². The lowest BCUT2D eigenvalue weighted by Crippen LogP contribution is -2.70. The van der Waals surface area contributed by atoms with E-state index in [0.29, 0.717) is 0 Å². The van der Waals surface area contributed by atoms with E-state index in [9.17, 15) is 61.9 Å². The molecule has 15 heteroatoms. The summed E-state index contributed by atoms with van der Waals surface area (Å²) in [5, 5.41) is 0. The van der Waals surface area contributed by atoms with Gasteiger partial charge in [-0.2, -0.15) is 57.1 Å². The number of ether oxygens (including phenoxy) is 1. The highest BCUT2D eigenvalue weighted by Crippen LogP contribution is 2.61. The number of carbonyl (C=O) groups is 1. The van der Waals surface area contributed by atoms with E-state index in [0.717, 1.165) is 0 Å². The van der Waals surface area contributed by atoms with Gasteiger partial charge in [0.05, 0.1) is 5.92 Å². The number of carbonyl (C=O) groups excluding carboxylic acids is 1. The molecule has 0 aliphatic rings. The summed E-state index contributed by atoms with van der Waals surface area (Å²) in [7, 11) is 0. The number of esters is 1. The third kappa shape index (κ3) is 5.72. The van der Waals surface area contributed by atoms with Gasteiger partial charge < -0.3 is 4.74 Å². The first-order valence-corrected chi connectivity index (χ1v) is 8.98. The molecule has 2 nitrogen and oxygen atoms in total. The van der Waals surface area contributed by atoms with Crippen LogP contribution in [0.2, 0.25) is 0 Å². The first-order chi connectivity index (χ1) is 13.8. The van der Waals surface area contributed by atoms with Crippen LogP contribution in [0.3, 0.4) is 0 Å². The van der Waals surface area contributed by atoms with Crippen molar-refractivity contribution in [2.45, 2.75) is 94.8 Å². The van der Waals surface area contributed by atoms with Gasteiger partial charge in [-0.3, -0.25) is 4.79 Å². The largest absolute Gasteiger partial charge is 0.460 e. The first-order valence-electron chi connectivity index (χ1n) is 8.98. The summed E-state index contributed by atoms with van der Waals surface area (Å²) in [5.41, 5.74) is -1.37. The van der Waals surface area contributed by atoms with Crippen LogP contribution in [-0.4, -0.2) is 47.4 Å². The summed E-state index contributed by atoms with van der Waals surface area (Å²) in [5.74, 6) is -41.2. The summed E-state index contributed by atoms with van der Waals surface area (Å²) in [6.07, 6.45) is -10.7. The quantitative estimate of drug-likeness (QED) is 0.231. The average molecular weight is 504 g/mol. The van der Waals surface area contributed by atoms with Crippen LogP contribution in [0.4, 0.5) is 57.1 Å². The average Bonchev–Trinajstić information content (AvgIpc) is 2.55. The molecule has 0 aromatic heterocycles. The predicted molar refractivity (Wildman–Crippen MR) is 84.3 cm³/mol. The summed E-state index contributed by atoms with van der Waals surface area (Å²) in [6.45, 7) is 5.13. The van der Waals surface area contributed by atoms with Crippen LogP contribution in [0, 0.1) is 5.92 Å². The summed E-state index contributed by atoms with van der Waals surface area (Å²) >= 11 is 0. The van der Waals surface area contributed by atoms with Crippen molar-refractivity contribution in [2.24, 2.45) is 5.92 Å². The van der Waals surface area contributed by atoms with Crippen LogP contribution in [0.25, 0.3) is 0 Å². The summed E-state index contributed by atoms with van der Waals surface area (Å²) in [6, 6.07) is 0. The molecular weight excluding hydrogens is 483 g/mol. The van der Waals surface area contributed by atoms with Crippen molar-refractivity contribution in [1.82, 2.24) is 0 Å². The molecular formula is C17H21F13O2. The second-order valence-corrected chi connectivity index (χ2v) is 8.08. The fourth-order valence-electron chi connectivity index (χ4n) is 2.38. The van der Waals surface area contributed by atoms with Crippen LogP contribution in [0.5, 0.6) is 0 Å². The summed E-state index contributed by atoms with van der Waals surface area (Å²) in [4.78, 5) is 12.0. The molecule has 0 aliphatic carbocycles. The zero-order chi connectivity index (χ0) is 26.2. The highest BCUT2D eigenvalue weighted by Gasteiger charge is 2.90.